The Morgan fingerprint density at radius 3 is 2.23 bits per heavy atom. The first-order valence-electron chi connectivity index (χ1n) is 15.6. The largest absolute Gasteiger partial charge is 0.493 e. The molecule has 256 valence electrons. The van der Waals surface area contributed by atoms with E-state index >= 15 is 0 Å². The van der Waals surface area contributed by atoms with E-state index in [-0.39, 0.29) is 58.7 Å². The maximum atomic E-state index is 14.9. The number of nitrogens with zero attached hydrogens (tertiary/aromatic N) is 5. The topological polar surface area (TPSA) is 126 Å². The van der Waals surface area contributed by atoms with E-state index in [0.29, 0.717) is 38.0 Å². The van der Waals surface area contributed by atoms with Gasteiger partial charge in [0.05, 0.1) is 28.8 Å². The summed E-state index contributed by atoms with van der Waals surface area (Å²) in [6.45, 7) is 6.45. The predicted octanol–water partition coefficient (Wildman–Crippen LogP) is 4.20. The maximum Gasteiger partial charge on any atom is 0.318 e. The molecular weight excluding hydrogens is 675 g/mol. The standard InChI is InChI=1S/C34H38N6O5S.2ClH/c1-3-45-31-12-8-7-11-28(31)34(36-33(42)39-21-19-38(20-22-39)26-15-17-37(2)18-16-26)29-23-25(24-35)13-14-30(29)40(32(34)41)46(43,44)27-9-5-4-6-10-27;;/h4-14,23,26H,3,15-22H2,1-2H3,(H,36,42);2*1H. The molecule has 0 radical (unpaired) electrons. The van der Waals surface area contributed by atoms with E-state index in [4.69, 9.17) is 4.74 Å². The lowest BCUT2D eigenvalue weighted by Crippen LogP contribution is -2.61. The molecule has 2 saturated heterocycles. The molecule has 0 bridgehead atoms. The third-order valence-corrected chi connectivity index (χ3v) is 10.9. The molecule has 48 heavy (non-hydrogen) atoms. The second-order valence-corrected chi connectivity index (χ2v) is 13.7. The first-order chi connectivity index (χ1) is 22.2. The Morgan fingerprint density at radius 2 is 1.58 bits per heavy atom. The Labute approximate surface area is 294 Å². The van der Waals surface area contributed by atoms with Crippen LogP contribution in [-0.4, -0.2) is 94.0 Å². The predicted molar refractivity (Wildman–Crippen MR) is 187 cm³/mol. The number of nitrogens with one attached hydrogen (secondary N) is 1. The fourth-order valence-electron chi connectivity index (χ4n) is 6.79. The van der Waals surface area contributed by atoms with Crippen LogP contribution in [0.1, 0.15) is 36.5 Å². The first kappa shape index (κ1) is 37.0. The molecule has 3 aromatic rings. The van der Waals surface area contributed by atoms with Gasteiger partial charge < -0.3 is 19.9 Å². The fourth-order valence-corrected chi connectivity index (χ4v) is 8.28. The van der Waals surface area contributed by atoms with Gasteiger partial charge in [0.2, 0.25) is 0 Å². The number of hydrogen-bond donors (Lipinski definition) is 1. The molecule has 0 aromatic heterocycles. The molecule has 3 amide bonds. The summed E-state index contributed by atoms with van der Waals surface area (Å²) < 4.78 is 35.0. The van der Waals surface area contributed by atoms with Crippen molar-refractivity contribution in [3.05, 3.63) is 89.5 Å². The van der Waals surface area contributed by atoms with Crippen molar-refractivity contribution in [3.63, 3.8) is 0 Å². The molecule has 3 aliphatic rings. The van der Waals surface area contributed by atoms with E-state index in [9.17, 15) is 23.3 Å². The van der Waals surface area contributed by atoms with Crippen molar-refractivity contribution >= 4 is 52.5 Å². The van der Waals surface area contributed by atoms with Gasteiger partial charge in [0.25, 0.3) is 15.9 Å². The zero-order valence-electron chi connectivity index (χ0n) is 26.9. The Bertz CT molecular complexity index is 1770. The molecule has 1 unspecified atom stereocenters. The molecule has 0 spiro atoms. The van der Waals surface area contributed by atoms with Crippen LogP contribution in [0.15, 0.2) is 77.7 Å². The number of carbonyl (C=O) groups excluding carboxylic acids is 2. The highest BCUT2D eigenvalue weighted by atomic mass is 35.5. The second-order valence-electron chi connectivity index (χ2n) is 11.9. The van der Waals surface area contributed by atoms with Crippen LogP contribution in [0.2, 0.25) is 0 Å². The van der Waals surface area contributed by atoms with Gasteiger partial charge in [0, 0.05) is 43.3 Å². The number of ether oxygens (including phenoxy) is 1. The zero-order valence-corrected chi connectivity index (χ0v) is 29.3. The Kier molecular flexibility index (Phi) is 11.7. The molecule has 3 heterocycles. The van der Waals surface area contributed by atoms with Gasteiger partial charge in [-0.2, -0.15) is 9.57 Å². The minimum Gasteiger partial charge on any atom is -0.493 e. The molecule has 2 fully saturated rings. The number of amides is 3. The Balaban J connectivity index is 0.00000260. The van der Waals surface area contributed by atoms with Gasteiger partial charge in [0.1, 0.15) is 5.75 Å². The van der Waals surface area contributed by atoms with Crippen molar-refractivity contribution in [1.82, 2.24) is 20.0 Å². The van der Waals surface area contributed by atoms with Crippen LogP contribution in [0, 0.1) is 11.3 Å². The van der Waals surface area contributed by atoms with E-state index in [1.165, 1.54) is 30.3 Å². The van der Waals surface area contributed by atoms with Gasteiger partial charge in [0.15, 0.2) is 5.54 Å². The third-order valence-electron chi connectivity index (χ3n) is 9.23. The molecule has 1 N–H and O–H groups in total. The summed E-state index contributed by atoms with van der Waals surface area (Å²) in [7, 11) is -2.29. The van der Waals surface area contributed by atoms with E-state index in [1.807, 2.05) is 0 Å². The van der Waals surface area contributed by atoms with Gasteiger partial charge >= 0.3 is 6.03 Å². The average Bonchev–Trinajstić information content (AvgIpc) is 3.33. The molecule has 1 atom stereocenters. The molecule has 0 saturated carbocycles. The van der Waals surface area contributed by atoms with E-state index in [2.05, 4.69) is 28.2 Å². The summed E-state index contributed by atoms with van der Waals surface area (Å²) in [6, 6.07) is 20.9. The lowest BCUT2D eigenvalue weighted by atomic mass is 9.82. The number of sulfonamides is 1. The van der Waals surface area contributed by atoms with Gasteiger partial charge in [-0.15, -0.1) is 24.8 Å². The highest BCUT2D eigenvalue weighted by Gasteiger charge is 2.58. The number of anilines is 1. The highest BCUT2D eigenvalue weighted by molar-refractivity contribution is 7.93. The zero-order chi connectivity index (χ0) is 32.5. The number of hydrogen-bond acceptors (Lipinski definition) is 8. The quantitative estimate of drug-likeness (QED) is 0.386. The van der Waals surface area contributed by atoms with Crippen molar-refractivity contribution in [1.29, 1.82) is 5.26 Å². The summed E-state index contributed by atoms with van der Waals surface area (Å²) in [6.07, 6.45) is 2.16. The summed E-state index contributed by atoms with van der Waals surface area (Å²) in [4.78, 5) is 35.5. The monoisotopic (exact) mass is 714 g/mol. The van der Waals surface area contributed by atoms with Crippen molar-refractivity contribution in [2.24, 2.45) is 0 Å². The summed E-state index contributed by atoms with van der Waals surface area (Å²) >= 11 is 0. The third kappa shape index (κ3) is 6.58. The molecule has 0 aliphatic carbocycles. The lowest BCUT2D eigenvalue weighted by molar-refractivity contribution is -0.121. The number of urea groups is 1. The number of carbonyl (C=O) groups is 2. The number of benzene rings is 3. The number of piperidine rings is 1. The van der Waals surface area contributed by atoms with E-state index < -0.39 is 27.5 Å². The molecule has 14 heteroatoms. The lowest BCUT2D eigenvalue weighted by Gasteiger charge is -2.43. The number of nitriles is 1. The van der Waals surface area contributed by atoms with Gasteiger partial charge in [-0.25, -0.2) is 13.2 Å². The smallest absolute Gasteiger partial charge is 0.318 e. The number of likely N-dealkylation sites (tertiary alicyclic amines) is 1. The minimum atomic E-state index is -4.42. The van der Waals surface area contributed by atoms with Crippen LogP contribution in [-0.2, 0) is 20.4 Å². The van der Waals surface area contributed by atoms with Gasteiger partial charge in [-0.1, -0.05) is 36.4 Å². The Hall–Kier alpha value is -3.86. The number of halogens is 2. The van der Waals surface area contributed by atoms with Crippen LogP contribution < -0.4 is 14.4 Å². The van der Waals surface area contributed by atoms with Gasteiger partial charge in [-0.05, 0) is 76.3 Å². The number of piperazine rings is 1. The van der Waals surface area contributed by atoms with E-state index in [1.54, 1.807) is 54.3 Å². The van der Waals surface area contributed by atoms with Crippen molar-refractivity contribution < 1.29 is 22.7 Å². The Morgan fingerprint density at radius 1 is 0.938 bits per heavy atom. The maximum absolute atomic E-state index is 14.9. The molecule has 6 rings (SSSR count). The van der Waals surface area contributed by atoms with Crippen LogP contribution in [0.3, 0.4) is 0 Å². The molecular formula is C34H40Cl2N6O5S. The molecule has 3 aromatic carbocycles. The van der Waals surface area contributed by atoms with Crippen molar-refractivity contribution in [2.75, 3.05) is 57.2 Å². The fraction of sp³-hybridized carbons (Fsp3) is 0.382. The summed E-state index contributed by atoms with van der Waals surface area (Å²) in [5.74, 6) is -0.565. The highest BCUT2D eigenvalue weighted by Crippen LogP contribution is 2.49. The summed E-state index contributed by atoms with van der Waals surface area (Å²) in [5.41, 5.74) is -1.27. The average molecular weight is 716 g/mol. The van der Waals surface area contributed by atoms with Crippen molar-refractivity contribution in [2.45, 2.75) is 36.2 Å². The van der Waals surface area contributed by atoms with Gasteiger partial charge in [-0.3, -0.25) is 9.69 Å². The summed E-state index contributed by atoms with van der Waals surface area (Å²) in [5, 5.41) is 12.9. The van der Waals surface area contributed by atoms with Crippen molar-refractivity contribution in [3.8, 4) is 11.8 Å². The number of para-hydroxylation sites is 1. The van der Waals surface area contributed by atoms with Crippen LogP contribution >= 0.6 is 24.8 Å². The van der Waals surface area contributed by atoms with Crippen LogP contribution in [0.4, 0.5) is 10.5 Å². The van der Waals surface area contributed by atoms with Crippen LogP contribution in [0.25, 0.3) is 0 Å². The van der Waals surface area contributed by atoms with E-state index in [0.717, 1.165) is 30.2 Å². The molecule has 11 nitrogen and oxygen atoms in total. The SMILES string of the molecule is CCOc1ccccc1C1(NC(=O)N2CCN(C3CCN(C)CC3)CC2)C(=O)N(S(=O)(=O)c2ccccc2)c2ccc(C#N)cc21.Cl.Cl. The molecule has 3 aliphatic heterocycles. The normalized spacial score (nSPS) is 20.2. The first-order valence-corrected chi connectivity index (χ1v) is 17.1. The number of fused-ring (bicyclic) bond motifs is 1. The second kappa shape index (κ2) is 15.1. The minimum absolute atomic E-state index is 0. The van der Waals surface area contributed by atoms with Crippen LogP contribution in [0.5, 0.6) is 5.75 Å². The number of rotatable bonds is 7.